The van der Waals surface area contributed by atoms with Crippen LogP contribution in [0.15, 0.2) is 6.20 Å². The van der Waals surface area contributed by atoms with Crippen LogP contribution in [0.2, 0.25) is 0 Å². The molecule has 0 amide bonds. The van der Waals surface area contributed by atoms with Crippen molar-refractivity contribution in [3.63, 3.8) is 0 Å². The molecule has 1 aromatic heterocycles. The number of aromatic nitrogens is 3. The fourth-order valence-corrected chi connectivity index (χ4v) is 2.03. The Kier molecular flexibility index (Phi) is 3.33. The lowest BCUT2D eigenvalue weighted by molar-refractivity contribution is 0.200. The summed E-state index contributed by atoms with van der Waals surface area (Å²) < 4.78 is 1.93. The number of rotatable bonds is 3. The number of hydrogen-bond donors (Lipinski definition) is 1. The van der Waals surface area contributed by atoms with E-state index in [0.717, 1.165) is 18.2 Å². The van der Waals surface area contributed by atoms with E-state index in [0.29, 0.717) is 6.54 Å². The molecule has 0 aromatic carbocycles. The molecule has 5 heteroatoms. The third-order valence-corrected chi connectivity index (χ3v) is 3.08. The summed E-state index contributed by atoms with van der Waals surface area (Å²) >= 11 is 0. The second-order valence-corrected chi connectivity index (χ2v) is 4.38. The fourth-order valence-electron chi connectivity index (χ4n) is 2.03. The van der Waals surface area contributed by atoms with E-state index in [1.165, 1.54) is 25.9 Å². The van der Waals surface area contributed by atoms with E-state index in [1.807, 2.05) is 10.9 Å². The van der Waals surface area contributed by atoms with Crippen LogP contribution >= 0.6 is 0 Å². The molecule has 84 valence electrons. The summed E-state index contributed by atoms with van der Waals surface area (Å²) in [6.45, 7) is 3.86. The molecule has 0 aliphatic carbocycles. The predicted molar refractivity (Wildman–Crippen MR) is 58.1 cm³/mol. The molecule has 1 aromatic rings. The van der Waals surface area contributed by atoms with Crippen molar-refractivity contribution in [2.75, 3.05) is 20.1 Å². The highest BCUT2D eigenvalue weighted by molar-refractivity contribution is 4.90. The second kappa shape index (κ2) is 4.72. The summed E-state index contributed by atoms with van der Waals surface area (Å²) in [6.07, 6.45) is 4.47. The maximum absolute atomic E-state index is 5.49. The van der Waals surface area contributed by atoms with E-state index >= 15 is 0 Å². The van der Waals surface area contributed by atoms with E-state index in [1.54, 1.807) is 0 Å². The number of likely N-dealkylation sites (tertiary alicyclic amines) is 1. The highest BCUT2D eigenvalue weighted by Gasteiger charge is 2.17. The molecule has 0 radical (unpaired) electrons. The van der Waals surface area contributed by atoms with Gasteiger partial charge in [-0.05, 0) is 38.9 Å². The Morgan fingerprint density at radius 2 is 2.20 bits per heavy atom. The highest BCUT2D eigenvalue weighted by atomic mass is 15.4. The van der Waals surface area contributed by atoms with Crippen LogP contribution in [0, 0.1) is 5.92 Å². The molecule has 2 N–H and O–H groups in total. The normalized spacial score (nSPS) is 19.6. The Morgan fingerprint density at radius 3 is 2.80 bits per heavy atom. The molecule has 5 nitrogen and oxygen atoms in total. The maximum Gasteiger partial charge on any atom is 0.0962 e. The summed E-state index contributed by atoms with van der Waals surface area (Å²) in [7, 11) is 2.18. The summed E-state index contributed by atoms with van der Waals surface area (Å²) in [5, 5.41) is 8.07. The van der Waals surface area contributed by atoms with Gasteiger partial charge in [-0.2, -0.15) is 0 Å². The van der Waals surface area contributed by atoms with Gasteiger partial charge < -0.3 is 10.6 Å². The smallest absolute Gasteiger partial charge is 0.0962 e. The van der Waals surface area contributed by atoms with Crippen LogP contribution in [0.1, 0.15) is 18.5 Å². The molecular formula is C10H19N5. The van der Waals surface area contributed by atoms with E-state index in [4.69, 9.17) is 5.73 Å². The quantitative estimate of drug-likeness (QED) is 0.766. The topological polar surface area (TPSA) is 60.0 Å². The first-order valence-corrected chi connectivity index (χ1v) is 5.55. The van der Waals surface area contributed by atoms with Crippen molar-refractivity contribution in [2.45, 2.75) is 25.9 Å². The first-order valence-electron chi connectivity index (χ1n) is 5.55. The van der Waals surface area contributed by atoms with Gasteiger partial charge in [-0.1, -0.05) is 5.21 Å². The third kappa shape index (κ3) is 2.76. The zero-order valence-corrected chi connectivity index (χ0v) is 9.26. The molecule has 0 atom stereocenters. The first-order chi connectivity index (χ1) is 7.28. The summed E-state index contributed by atoms with van der Waals surface area (Å²) in [5.41, 5.74) is 6.37. The van der Waals surface area contributed by atoms with Gasteiger partial charge in [0, 0.05) is 19.3 Å². The number of nitrogens with two attached hydrogens (primary N) is 1. The standard InChI is InChI=1S/C10H19N5/c1-14-4-2-9(3-5-14)7-15-8-10(6-11)12-13-15/h8-9H,2-7,11H2,1H3. The fraction of sp³-hybridized carbons (Fsp3) is 0.800. The van der Waals surface area contributed by atoms with Gasteiger partial charge in [0.15, 0.2) is 0 Å². The van der Waals surface area contributed by atoms with Crippen molar-refractivity contribution in [2.24, 2.45) is 11.7 Å². The molecule has 1 saturated heterocycles. The van der Waals surface area contributed by atoms with Gasteiger partial charge in [0.25, 0.3) is 0 Å². The molecule has 2 rings (SSSR count). The molecule has 1 aliphatic heterocycles. The van der Waals surface area contributed by atoms with Crippen molar-refractivity contribution < 1.29 is 0 Å². The summed E-state index contributed by atoms with van der Waals surface area (Å²) in [5.74, 6) is 0.744. The Hall–Kier alpha value is -0.940. The largest absolute Gasteiger partial charge is 0.325 e. The summed E-state index contributed by atoms with van der Waals surface area (Å²) in [6, 6.07) is 0. The average Bonchev–Trinajstić information content (AvgIpc) is 2.69. The van der Waals surface area contributed by atoms with E-state index in [9.17, 15) is 0 Å². The Balaban J connectivity index is 1.86. The van der Waals surface area contributed by atoms with Crippen molar-refractivity contribution in [3.05, 3.63) is 11.9 Å². The van der Waals surface area contributed by atoms with Gasteiger partial charge in [0.2, 0.25) is 0 Å². The lowest BCUT2D eigenvalue weighted by Crippen LogP contribution is -2.32. The van der Waals surface area contributed by atoms with Crippen LogP contribution in [-0.4, -0.2) is 40.0 Å². The minimum atomic E-state index is 0.480. The third-order valence-electron chi connectivity index (χ3n) is 3.08. The number of hydrogen-bond acceptors (Lipinski definition) is 4. The zero-order valence-electron chi connectivity index (χ0n) is 9.26. The van der Waals surface area contributed by atoms with E-state index < -0.39 is 0 Å². The molecule has 15 heavy (non-hydrogen) atoms. The van der Waals surface area contributed by atoms with Crippen LogP contribution in [0.4, 0.5) is 0 Å². The van der Waals surface area contributed by atoms with E-state index in [2.05, 4.69) is 22.3 Å². The SMILES string of the molecule is CN1CCC(Cn2cc(CN)nn2)CC1. The minimum absolute atomic E-state index is 0.480. The lowest BCUT2D eigenvalue weighted by atomic mass is 9.97. The molecule has 1 aliphatic rings. The van der Waals surface area contributed by atoms with Gasteiger partial charge in [-0.15, -0.1) is 5.10 Å². The molecule has 0 bridgehead atoms. The Labute approximate surface area is 90.2 Å². The van der Waals surface area contributed by atoms with Gasteiger partial charge in [-0.25, -0.2) is 0 Å². The second-order valence-electron chi connectivity index (χ2n) is 4.38. The van der Waals surface area contributed by atoms with Crippen molar-refractivity contribution in [1.82, 2.24) is 19.9 Å². The van der Waals surface area contributed by atoms with E-state index in [-0.39, 0.29) is 0 Å². The summed E-state index contributed by atoms with van der Waals surface area (Å²) in [4.78, 5) is 2.38. The number of nitrogens with zero attached hydrogens (tertiary/aromatic N) is 4. The van der Waals surface area contributed by atoms with Gasteiger partial charge in [0.05, 0.1) is 5.69 Å². The maximum atomic E-state index is 5.49. The number of piperidine rings is 1. The molecule has 0 spiro atoms. The Morgan fingerprint density at radius 1 is 1.47 bits per heavy atom. The van der Waals surface area contributed by atoms with Crippen molar-refractivity contribution in [1.29, 1.82) is 0 Å². The van der Waals surface area contributed by atoms with Crippen molar-refractivity contribution >= 4 is 0 Å². The highest BCUT2D eigenvalue weighted by Crippen LogP contribution is 2.17. The molecule has 0 saturated carbocycles. The molecular weight excluding hydrogens is 190 g/mol. The average molecular weight is 209 g/mol. The van der Waals surface area contributed by atoms with Crippen LogP contribution in [-0.2, 0) is 13.1 Å². The zero-order chi connectivity index (χ0) is 10.7. The van der Waals surface area contributed by atoms with Gasteiger partial charge >= 0.3 is 0 Å². The Bertz CT molecular complexity index is 301. The van der Waals surface area contributed by atoms with Gasteiger partial charge in [0.1, 0.15) is 0 Å². The van der Waals surface area contributed by atoms with Crippen LogP contribution in [0.25, 0.3) is 0 Å². The van der Waals surface area contributed by atoms with Gasteiger partial charge in [-0.3, -0.25) is 4.68 Å². The van der Waals surface area contributed by atoms with Crippen LogP contribution in [0.5, 0.6) is 0 Å². The molecule has 1 fully saturated rings. The minimum Gasteiger partial charge on any atom is -0.325 e. The lowest BCUT2D eigenvalue weighted by Gasteiger charge is -2.28. The van der Waals surface area contributed by atoms with Crippen LogP contribution < -0.4 is 5.73 Å². The predicted octanol–water partition coefficient (Wildman–Crippen LogP) is 0.0786. The van der Waals surface area contributed by atoms with Crippen LogP contribution in [0.3, 0.4) is 0 Å². The molecule has 2 heterocycles. The monoisotopic (exact) mass is 209 g/mol. The first kappa shape index (κ1) is 10.6. The molecule has 0 unspecified atom stereocenters. The van der Waals surface area contributed by atoms with Crippen molar-refractivity contribution in [3.8, 4) is 0 Å².